The summed E-state index contributed by atoms with van der Waals surface area (Å²) in [6.07, 6.45) is 0.563. The van der Waals surface area contributed by atoms with Gasteiger partial charge in [0.1, 0.15) is 12.4 Å². The number of amides is 1. The molecule has 3 aromatic carbocycles. The molecule has 0 spiro atoms. The number of hydrogen-bond acceptors (Lipinski definition) is 5. The van der Waals surface area contributed by atoms with E-state index in [1.165, 1.54) is 6.21 Å². The molecule has 0 bridgehead atoms. The van der Waals surface area contributed by atoms with Gasteiger partial charge in [0.25, 0.3) is 5.91 Å². The summed E-state index contributed by atoms with van der Waals surface area (Å²) in [6.45, 7) is 0.0900. The second kappa shape index (κ2) is 7.96. The van der Waals surface area contributed by atoms with Crippen molar-refractivity contribution in [3.63, 3.8) is 0 Å². The molecule has 2 N–H and O–H groups in total. The monoisotopic (exact) mass is 552 g/mol. The van der Waals surface area contributed by atoms with Crippen LogP contribution in [0.4, 0.5) is 0 Å². The number of carbonyl (C=O) groups is 1. The number of nitrogens with zero attached hydrogens (tertiary/aromatic N) is 1. The lowest BCUT2D eigenvalue weighted by Gasteiger charge is -2.25. The molecule has 4 rings (SSSR count). The largest absolute Gasteiger partial charge is 0.506 e. The van der Waals surface area contributed by atoms with Gasteiger partial charge in [0.15, 0.2) is 11.5 Å². The van der Waals surface area contributed by atoms with Gasteiger partial charge in [0.05, 0.1) is 9.78 Å². The highest BCUT2D eigenvalue weighted by Crippen LogP contribution is 2.35. The lowest BCUT2D eigenvalue weighted by Crippen LogP contribution is -2.42. The van der Waals surface area contributed by atoms with Crippen molar-refractivity contribution in [3.8, 4) is 17.2 Å². The van der Waals surface area contributed by atoms with E-state index in [0.717, 1.165) is 15.2 Å². The summed E-state index contributed by atoms with van der Waals surface area (Å²) in [5.41, 5.74) is 2.91. The first kappa shape index (κ1) is 19.0. The molecule has 28 heavy (non-hydrogen) atoms. The predicted octanol–water partition coefficient (Wildman–Crippen LogP) is 4.20. The Labute approximate surface area is 182 Å². The molecule has 1 heterocycles. The molecule has 0 aliphatic carbocycles. The average molecular weight is 553 g/mol. The van der Waals surface area contributed by atoms with Crippen LogP contribution >= 0.6 is 38.5 Å². The van der Waals surface area contributed by atoms with Crippen molar-refractivity contribution in [2.75, 3.05) is 6.61 Å². The minimum Gasteiger partial charge on any atom is -0.506 e. The number of rotatable bonds is 3. The molecule has 1 amide bonds. The van der Waals surface area contributed by atoms with E-state index in [2.05, 4.69) is 26.5 Å². The third kappa shape index (κ3) is 3.93. The Morgan fingerprint density at radius 1 is 1.21 bits per heavy atom. The zero-order valence-corrected chi connectivity index (χ0v) is 18.1. The maximum atomic E-state index is 12.4. The van der Waals surface area contributed by atoms with Crippen molar-refractivity contribution in [3.05, 3.63) is 62.1 Å². The van der Waals surface area contributed by atoms with Crippen molar-refractivity contribution in [2.45, 2.75) is 6.10 Å². The minimum atomic E-state index is -0.818. The van der Waals surface area contributed by atoms with E-state index in [0.29, 0.717) is 20.6 Å². The number of ether oxygens (including phenoxy) is 2. The molecule has 3 aromatic rings. The summed E-state index contributed by atoms with van der Waals surface area (Å²) in [4.78, 5) is 12.4. The van der Waals surface area contributed by atoms with Gasteiger partial charge < -0.3 is 14.6 Å². The van der Waals surface area contributed by atoms with Gasteiger partial charge in [-0.05, 0) is 57.6 Å². The maximum absolute atomic E-state index is 12.4. The summed E-state index contributed by atoms with van der Waals surface area (Å²) >= 11 is 5.38. The number of phenolic OH excluding ortho intramolecular Hbond substituents is 1. The Hall–Kier alpha value is -2.33. The minimum absolute atomic E-state index is 0.0900. The number of hydrazone groups is 1. The lowest BCUT2D eigenvalue weighted by atomic mass is 10.1. The topological polar surface area (TPSA) is 80.2 Å². The molecule has 6 nitrogen and oxygen atoms in total. The van der Waals surface area contributed by atoms with Crippen LogP contribution in [0.2, 0.25) is 0 Å². The summed E-state index contributed by atoms with van der Waals surface area (Å²) < 4.78 is 13.0. The molecule has 0 saturated heterocycles. The lowest BCUT2D eigenvalue weighted by molar-refractivity contribution is -0.130. The Morgan fingerprint density at radius 3 is 2.68 bits per heavy atom. The molecule has 142 valence electrons. The third-order valence-corrected chi connectivity index (χ3v) is 5.48. The van der Waals surface area contributed by atoms with Crippen molar-refractivity contribution < 1.29 is 19.4 Å². The SMILES string of the molecule is O=C(N/N=C\c1cc(Br)cc(I)c1O)C1COc2cc3ccccc3cc2O1. The number of fused-ring (bicyclic) bond motifs is 2. The molecule has 1 unspecified atom stereocenters. The van der Waals surface area contributed by atoms with Crippen LogP contribution in [-0.4, -0.2) is 29.9 Å². The fourth-order valence-corrected chi connectivity index (χ4v) is 4.36. The summed E-state index contributed by atoms with van der Waals surface area (Å²) in [5, 5.41) is 16.0. The number of halogens is 2. The first-order valence-electron chi connectivity index (χ1n) is 8.34. The number of benzene rings is 3. The average Bonchev–Trinajstić information content (AvgIpc) is 2.69. The van der Waals surface area contributed by atoms with E-state index >= 15 is 0 Å². The highest BCUT2D eigenvalue weighted by molar-refractivity contribution is 14.1. The van der Waals surface area contributed by atoms with Crippen LogP contribution in [0.1, 0.15) is 5.56 Å². The van der Waals surface area contributed by atoms with E-state index in [1.807, 2.05) is 59.0 Å². The van der Waals surface area contributed by atoms with Gasteiger partial charge in [-0.1, -0.05) is 40.2 Å². The van der Waals surface area contributed by atoms with Gasteiger partial charge in [-0.2, -0.15) is 5.10 Å². The molecule has 1 aliphatic heterocycles. The maximum Gasteiger partial charge on any atom is 0.284 e. The molecular weight excluding hydrogens is 539 g/mol. The highest BCUT2D eigenvalue weighted by Gasteiger charge is 2.27. The van der Waals surface area contributed by atoms with E-state index in [-0.39, 0.29) is 12.4 Å². The first-order valence-corrected chi connectivity index (χ1v) is 10.2. The number of nitrogens with one attached hydrogen (secondary N) is 1. The van der Waals surface area contributed by atoms with Gasteiger partial charge >= 0.3 is 0 Å². The van der Waals surface area contributed by atoms with Crippen LogP contribution in [0.3, 0.4) is 0 Å². The summed E-state index contributed by atoms with van der Waals surface area (Å²) in [6, 6.07) is 15.1. The fraction of sp³-hybridized carbons (Fsp3) is 0.100. The van der Waals surface area contributed by atoms with Crippen LogP contribution in [0, 0.1) is 3.57 Å². The van der Waals surface area contributed by atoms with Crippen molar-refractivity contribution in [1.29, 1.82) is 0 Å². The molecule has 8 heteroatoms. The van der Waals surface area contributed by atoms with E-state index in [1.54, 1.807) is 12.1 Å². The fourth-order valence-electron chi connectivity index (χ4n) is 2.81. The molecule has 0 aromatic heterocycles. The van der Waals surface area contributed by atoms with Crippen LogP contribution in [0.15, 0.2) is 58.1 Å². The number of hydrogen-bond donors (Lipinski definition) is 2. The second-order valence-electron chi connectivity index (χ2n) is 6.12. The highest BCUT2D eigenvalue weighted by atomic mass is 127. The zero-order chi connectivity index (χ0) is 19.7. The van der Waals surface area contributed by atoms with E-state index < -0.39 is 12.0 Å². The van der Waals surface area contributed by atoms with E-state index in [4.69, 9.17) is 9.47 Å². The van der Waals surface area contributed by atoms with Crippen LogP contribution in [-0.2, 0) is 4.79 Å². The van der Waals surface area contributed by atoms with Gasteiger partial charge in [0, 0.05) is 10.0 Å². The Bertz CT molecular complexity index is 1100. The van der Waals surface area contributed by atoms with Crippen LogP contribution in [0.25, 0.3) is 10.8 Å². The van der Waals surface area contributed by atoms with Gasteiger partial charge in [-0.3, -0.25) is 4.79 Å². The number of aromatic hydroxyl groups is 1. The van der Waals surface area contributed by atoms with Gasteiger partial charge in [-0.15, -0.1) is 0 Å². The zero-order valence-electron chi connectivity index (χ0n) is 14.4. The standard InChI is InChI=1S/C20H14BrIN2O4/c21-14-5-13(19(25)15(22)8-14)9-23-24-20(26)18-10-27-16-6-11-3-1-2-4-12(11)7-17(16)28-18/h1-9,18,25H,10H2,(H,24,26)/b23-9-. The Morgan fingerprint density at radius 2 is 1.93 bits per heavy atom. The molecule has 0 fully saturated rings. The van der Waals surface area contributed by atoms with Crippen molar-refractivity contribution in [2.24, 2.45) is 5.10 Å². The second-order valence-corrected chi connectivity index (χ2v) is 8.20. The van der Waals surface area contributed by atoms with E-state index in [9.17, 15) is 9.90 Å². The molecule has 0 saturated carbocycles. The quantitative estimate of drug-likeness (QED) is 0.290. The smallest absolute Gasteiger partial charge is 0.284 e. The number of phenols is 1. The molecule has 1 atom stereocenters. The first-order chi connectivity index (χ1) is 13.5. The molecule has 1 aliphatic rings. The molecule has 0 radical (unpaired) electrons. The van der Waals surface area contributed by atoms with Gasteiger partial charge in [0.2, 0.25) is 6.10 Å². The third-order valence-electron chi connectivity index (χ3n) is 4.20. The Balaban J connectivity index is 1.46. The normalized spacial score (nSPS) is 15.7. The summed E-state index contributed by atoms with van der Waals surface area (Å²) in [7, 11) is 0. The molecular formula is C20H14BrIN2O4. The number of carbonyl (C=O) groups excluding carboxylic acids is 1. The predicted molar refractivity (Wildman–Crippen MR) is 118 cm³/mol. The summed E-state index contributed by atoms with van der Waals surface area (Å²) in [5.74, 6) is 0.798. The van der Waals surface area contributed by atoms with Gasteiger partial charge in [-0.25, -0.2) is 5.43 Å². The van der Waals surface area contributed by atoms with Crippen molar-refractivity contribution in [1.82, 2.24) is 5.43 Å². The van der Waals surface area contributed by atoms with Crippen molar-refractivity contribution >= 4 is 61.4 Å². The van der Waals surface area contributed by atoms with Crippen LogP contribution in [0.5, 0.6) is 17.2 Å². The van der Waals surface area contributed by atoms with Crippen LogP contribution < -0.4 is 14.9 Å². The Kier molecular flexibility index (Phi) is 5.40.